The summed E-state index contributed by atoms with van der Waals surface area (Å²) in [6.07, 6.45) is 0. The third-order valence-electron chi connectivity index (χ3n) is 4.29. The maximum atomic E-state index is 12.6. The quantitative estimate of drug-likeness (QED) is 0.660. The molecule has 3 aromatic rings. The van der Waals surface area contributed by atoms with E-state index < -0.39 is 0 Å². The van der Waals surface area contributed by atoms with Crippen LogP contribution in [-0.4, -0.2) is 45.4 Å². The van der Waals surface area contributed by atoms with Gasteiger partial charge in [-0.1, -0.05) is 41.4 Å². The second-order valence-electron chi connectivity index (χ2n) is 6.28. The van der Waals surface area contributed by atoms with E-state index in [4.69, 9.17) is 28.2 Å². The predicted molar refractivity (Wildman–Crippen MR) is 105 cm³/mol. The molecule has 2 aromatic carbocycles. The molecule has 0 saturated carbocycles. The molecule has 4 rings (SSSR count). The van der Waals surface area contributed by atoms with Crippen molar-refractivity contribution in [1.29, 1.82) is 0 Å². The molecule has 8 heteroatoms. The minimum absolute atomic E-state index is 0.231. The van der Waals surface area contributed by atoms with Crippen molar-refractivity contribution in [2.45, 2.75) is 6.54 Å². The number of carbonyl (C=O) groups excluding carboxylic acids is 1. The van der Waals surface area contributed by atoms with Gasteiger partial charge in [-0.15, -0.1) is 10.2 Å². The average molecular weight is 400 g/mol. The highest BCUT2D eigenvalue weighted by atomic mass is 35.5. The van der Waals surface area contributed by atoms with E-state index in [-0.39, 0.29) is 18.3 Å². The minimum Gasteiger partial charge on any atom is -0.342 e. The molecule has 136 valence electrons. The number of hydrogen-bond donors (Lipinski definition) is 0. The van der Waals surface area contributed by atoms with Crippen LogP contribution in [0.1, 0.15) is 27.6 Å². The van der Waals surface area contributed by atoms with Crippen LogP contribution in [0.3, 0.4) is 0 Å². The maximum Gasteiger partial charge on any atom is 0.291 e. The van der Waals surface area contributed by atoms with Crippen molar-refractivity contribution in [2.24, 2.45) is 4.99 Å². The minimum atomic E-state index is -0.240. The summed E-state index contributed by atoms with van der Waals surface area (Å²) in [6, 6.07) is 12.9. The van der Waals surface area contributed by atoms with Crippen molar-refractivity contribution in [3.8, 4) is 5.69 Å². The van der Waals surface area contributed by atoms with E-state index in [0.717, 1.165) is 16.8 Å². The van der Waals surface area contributed by atoms with E-state index >= 15 is 0 Å². The lowest BCUT2D eigenvalue weighted by atomic mass is 10.0. The second kappa shape index (κ2) is 6.79. The Bertz CT molecular complexity index is 1090. The molecule has 0 fully saturated rings. The molecule has 0 N–H and O–H groups in total. The number of carbonyl (C=O) groups is 1. The summed E-state index contributed by atoms with van der Waals surface area (Å²) in [7, 11) is 3.35. The fourth-order valence-electron chi connectivity index (χ4n) is 3.02. The maximum absolute atomic E-state index is 12.6. The Balaban J connectivity index is 1.99. The average Bonchev–Trinajstić information content (AvgIpc) is 2.99. The fourth-order valence-corrected chi connectivity index (χ4v) is 3.42. The number of hydrogen-bond acceptors (Lipinski definition) is 4. The lowest BCUT2D eigenvalue weighted by Gasteiger charge is -2.15. The number of benzene rings is 2. The molecule has 0 radical (unpaired) electrons. The Kier molecular flexibility index (Phi) is 4.45. The molecular weight excluding hydrogens is 385 g/mol. The van der Waals surface area contributed by atoms with Crippen molar-refractivity contribution in [3.63, 3.8) is 0 Å². The number of aromatic nitrogens is 3. The smallest absolute Gasteiger partial charge is 0.291 e. The molecule has 1 aliphatic rings. The van der Waals surface area contributed by atoms with Gasteiger partial charge in [-0.2, -0.15) is 0 Å². The molecule has 2 heterocycles. The first kappa shape index (κ1) is 17.7. The van der Waals surface area contributed by atoms with Gasteiger partial charge in [0.25, 0.3) is 5.91 Å². The molecule has 1 amide bonds. The molecule has 6 nitrogen and oxygen atoms in total. The van der Waals surface area contributed by atoms with Gasteiger partial charge in [-0.05, 0) is 24.3 Å². The van der Waals surface area contributed by atoms with E-state index in [1.165, 1.54) is 4.90 Å². The summed E-state index contributed by atoms with van der Waals surface area (Å²) in [4.78, 5) is 18.8. The zero-order chi connectivity index (χ0) is 19.1. The van der Waals surface area contributed by atoms with Crippen molar-refractivity contribution in [1.82, 2.24) is 19.7 Å². The molecule has 1 aliphatic heterocycles. The van der Waals surface area contributed by atoms with Crippen LogP contribution in [0, 0.1) is 0 Å². The van der Waals surface area contributed by atoms with Gasteiger partial charge in [0.15, 0.2) is 5.82 Å². The summed E-state index contributed by atoms with van der Waals surface area (Å²) >= 11 is 12.7. The SMILES string of the molecule is CN(C)C(=O)c1nnc2n1-c1ccc(Cl)cc1C(c1ccccc1Cl)=NC2. The summed E-state index contributed by atoms with van der Waals surface area (Å²) in [5.74, 6) is 0.566. The normalized spacial score (nSPS) is 12.7. The summed E-state index contributed by atoms with van der Waals surface area (Å²) in [5.41, 5.74) is 3.00. The van der Waals surface area contributed by atoms with E-state index in [9.17, 15) is 4.79 Å². The number of halogens is 2. The Morgan fingerprint density at radius 3 is 2.59 bits per heavy atom. The standard InChI is InChI=1S/C19H15Cl2N5O/c1-25(2)19(27)18-24-23-16-10-22-17(12-5-3-4-6-14(12)21)13-9-11(20)7-8-15(13)26(16)18/h3-9H,10H2,1-2H3. The Labute approximate surface area is 166 Å². The largest absolute Gasteiger partial charge is 0.342 e. The number of aliphatic imine (C=N–C) groups is 1. The van der Waals surface area contributed by atoms with Gasteiger partial charge < -0.3 is 4.90 Å². The van der Waals surface area contributed by atoms with Crippen molar-refractivity contribution in [2.75, 3.05) is 14.1 Å². The molecule has 27 heavy (non-hydrogen) atoms. The lowest BCUT2D eigenvalue weighted by molar-refractivity contribution is 0.0813. The monoisotopic (exact) mass is 399 g/mol. The molecule has 0 aliphatic carbocycles. The predicted octanol–water partition coefficient (Wildman–Crippen LogP) is 3.63. The van der Waals surface area contributed by atoms with Crippen LogP contribution in [0.2, 0.25) is 10.0 Å². The first-order valence-electron chi connectivity index (χ1n) is 8.23. The highest BCUT2D eigenvalue weighted by molar-refractivity contribution is 6.36. The topological polar surface area (TPSA) is 63.4 Å². The van der Waals surface area contributed by atoms with E-state index in [1.54, 1.807) is 24.7 Å². The fraction of sp³-hybridized carbons (Fsp3) is 0.158. The van der Waals surface area contributed by atoms with Crippen LogP contribution >= 0.6 is 23.2 Å². The number of amides is 1. The number of rotatable bonds is 2. The van der Waals surface area contributed by atoms with Gasteiger partial charge in [-0.25, -0.2) is 0 Å². The zero-order valence-electron chi connectivity index (χ0n) is 14.6. The second-order valence-corrected chi connectivity index (χ2v) is 7.12. The van der Waals surface area contributed by atoms with E-state index in [0.29, 0.717) is 21.6 Å². The van der Waals surface area contributed by atoms with E-state index in [1.807, 2.05) is 36.4 Å². The Hall–Kier alpha value is -2.70. The van der Waals surface area contributed by atoms with Crippen LogP contribution < -0.4 is 0 Å². The van der Waals surface area contributed by atoms with E-state index in [2.05, 4.69) is 10.2 Å². The van der Waals surface area contributed by atoms with Crippen molar-refractivity contribution < 1.29 is 4.79 Å². The summed E-state index contributed by atoms with van der Waals surface area (Å²) < 4.78 is 1.74. The first-order valence-corrected chi connectivity index (χ1v) is 8.98. The lowest BCUT2D eigenvalue weighted by Crippen LogP contribution is -2.25. The molecular formula is C19H15Cl2N5O. The molecule has 0 saturated heterocycles. The Morgan fingerprint density at radius 2 is 1.85 bits per heavy atom. The van der Waals surface area contributed by atoms with Crippen molar-refractivity contribution in [3.05, 3.63) is 75.3 Å². The van der Waals surface area contributed by atoms with Gasteiger partial charge in [0.05, 0.1) is 11.4 Å². The van der Waals surface area contributed by atoms with Gasteiger partial charge in [-0.3, -0.25) is 14.4 Å². The van der Waals surface area contributed by atoms with Gasteiger partial charge >= 0.3 is 0 Å². The summed E-state index contributed by atoms with van der Waals surface area (Å²) in [6.45, 7) is 0.264. The highest BCUT2D eigenvalue weighted by Gasteiger charge is 2.27. The molecule has 0 spiro atoms. The third kappa shape index (κ3) is 3.01. The summed E-state index contributed by atoms with van der Waals surface area (Å²) in [5, 5.41) is 9.42. The van der Waals surface area contributed by atoms with Gasteiger partial charge in [0.2, 0.25) is 5.82 Å². The zero-order valence-corrected chi connectivity index (χ0v) is 16.2. The van der Waals surface area contributed by atoms with Crippen molar-refractivity contribution >= 4 is 34.8 Å². The van der Waals surface area contributed by atoms with Crippen LogP contribution in [0.15, 0.2) is 47.5 Å². The van der Waals surface area contributed by atoms with Gasteiger partial charge in [0, 0.05) is 35.3 Å². The molecule has 0 unspecified atom stereocenters. The third-order valence-corrected chi connectivity index (χ3v) is 4.85. The highest BCUT2D eigenvalue weighted by Crippen LogP contribution is 2.30. The van der Waals surface area contributed by atoms with Crippen LogP contribution in [0.5, 0.6) is 0 Å². The Morgan fingerprint density at radius 1 is 1.07 bits per heavy atom. The van der Waals surface area contributed by atoms with Gasteiger partial charge in [0.1, 0.15) is 6.54 Å². The molecule has 0 bridgehead atoms. The van der Waals surface area contributed by atoms with Crippen LogP contribution in [-0.2, 0) is 6.54 Å². The van der Waals surface area contributed by atoms with Crippen LogP contribution in [0.4, 0.5) is 0 Å². The number of fused-ring (bicyclic) bond motifs is 3. The number of nitrogens with zero attached hydrogens (tertiary/aromatic N) is 5. The molecule has 1 aromatic heterocycles. The molecule has 0 atom stereocenters. The van der Waals surface area contributed by atoms with Crippen LogP contribution in [0.25, 0.3) is 5.69 Å². The first-order chi connectivity index (χ1) is 13.0.